The van der Waals surface area contributed by atoms with Crippen LogP contribution in [0.3, 0.4) is 0 Å². The molecule has 0 fully saturated rings. The molecule has 0 aliphatic heterocycles. The third-order valence-corrected chi connectivity index (χ3v) is 2.55. The molecule has 1 rings (SSSR count). The van der Waals surface area contributed by atoms with Gasteiger partial charge in [-0.25, -0.2) is 4.79 Å². The summed E-state index contributed by atoms with van der Waals surface area (Å²) < 4.78 is 1.19. The molecule has 0 saturated carbocycles. The molecule has 0 saturated heterocycles. The number of thioether (sulfide) groups is 1. The van der Waals surface area contributed by atoms with Crippen molar-refractivity contribution in [1.82, 2.24) is 9.55 Å². The van der Waals surface area contributed by atoms with Gasteiger partial charge >= 0.3 is 5.69 Å². The van der Waals surface area contributed by atoms with Gasteiger partial charge in [0.25, 0.3) is 5.56 Å². The number of aromatic nitrogens is 2. The highest BCUT2D eigenvalue weighted by molar-refractivity contribution is 7.98. The van der Waals surface area contributed by atoms with E-state index in [9.17, 15) is 9.59 Å². The minimum absolute atomic E-state index is 0.253. The van der Waals surface area contributed by atoms with Crippen molar-refractivity contribution in [2.45, 2.75) is 25.0 Å². The Bertz CT molecular complexity index is 352. The Balaban J connectivity index is 2.88. The van der Waals surface area contributed by atoms with Crippen LogP contribution in [0.1, 0.15) is 13.8 Å². The van der Waals surface area contributed by atoms with Crippen molar-refractivity contribution in [3.63, 3.8) is 0 Å². The molecule has 0 unspecified atom stereocenters. The second kappa shape index (κ2) is 4.32. The van der Waals surface area contributed by atoms with Gasteiger partial charge in [0.05, 0.1) is 5.88 Å². The van der Waals surface area contributed by atoms with Gasteiger partial charge in [0, 0.05) is 17.5 Å². The van der Waals surface area contributed by atoms with Crippen LogP contribution in [0.5, 0.6) is 0 Å². The molecule has 1 N–H and O–H groups in total. The van der Waals surface area contributed by atoms with E-state index in [1.54, 1.807) is 11.8 Å². The molecule has 0 amide bonds. The van der Waals surface area contributed by atoms with Crippen LogP contribution >= 0.6 is 11.8 Å². The van der Waals surface area contributed by atoms with Gasteiger partial charge in [0.2, 0.25) is 0 Å². The second-order valence-electron chi connectivity index (χ2n) is 2.89. The van der Waals surface area contributed by atoms with Crippen LogP contribution in [0.25, 0.3) is 0 Å². The Labute approximate surface area is 80.0 Å². The summed E-state index contributed by atoms with van der Waals surface area (Å²) in [6.45, 7) is 4.04. The smallest absolute Gasteiger partial charge is 0.314 e. The molecule has 1 heterocycles. The largest absolute Gasteiger partial charge is 0.329 e. The first-order valence-corrected chi connectivity index (χ1v) is 5.06. The first-order valence-electron chi connectivity index (χ1n) is 4.01. The van der Waals surface area contributed by atoms with E-state index < -0.39 is 0 Å². The summed E-state index contributed by atoms with van der Waals surface area (Å²) >= 11 is 1.56. The van der Waals surface area contributed by atoms with E-state index in [0.717, 1.165) is 0 Å². The third-order valence-electron chi connectivity index (χ3n) is 1.48. The number of rotatable bonds is 3. The highest BCUT2D eigenvalue weighted by Crippen LogP contribution is 2.09. The maximum atomic E-state index is 11.2. The average molecular weight is 200 g/mol. The molecule has 0 aliphatic rings. The zero-order chi connectivity index (χ0) is 9.84. The lowest BCUT2D eigenvalue weighted by atomic mass is 10.6. The predicted octanol–water partition coefficient (Wildman–Crippen LogP) is 0.636. The minimum Gasteiger partial charge on any atom is -0.314 e. The number of nitrogens with zero attached hydrogens (tertiary/aromatic N) is 1. The lowest BCUT2D eigenvalue weighted by molar-refractivity contribution is 0.757. The molecule has 0 aliphatic carbocycles. The van der Waals surface area contributed by atoms with Gasteiger partial charge in [0.15, 0.2) is 0 Å². The Kier molecular flexibility index (Phi) is 3.36. The Morgan fingerprint density at radius 1 is 1.54 bits per heavy atom. The van der Waals surface area contributed by atoms with E-state index in [1.165, 1.54) is 16.8 Å². The van der Waals surface area contributed by atoms with Gasteiger partial charge in [-0.2, -0.15) is 0 Å². The topological polar surface area (TPSA) is 54.9 Å². The van der Waals surface area contributed by atoms with Crippen LogP contribution in [0.2, 0.25) is 0 Å². The maximum Gasteiger partial charge on any atom is 0.329 e. The Morgan fingerprint density at radius 2 is 2.23 bits per heavy atom. The number of H-pyrrole nitrogens is 1. The molecule has 0 radical (unpaired) electrons. The summed E-state index contributed by atoms with van der Waals surface area (Å²) in [6.07, 6.45) is 1.36. The first kappa shape index (κ1) is 10.1. The number of aromatic amines is 1. The molecule has 0 spiro atoms. The summed E-state index contributed by atoms with van der Waals surface area (Å²) in [5.41, 5.74) is -0.599. The highest BCUT2D eigenvalue weighted by atomic mass is 32.2. The molecular weight excluding hydrogens is 188 g/mol. The van der Waals surface area contributed by atoms with Crippen molar-refractivity contribution >= 4 is 11.8 Å². The molecule has 72 valence electrons. The van der Waals surface area contributed by atoms with Gasteiger partial charge in [-0.3, -0.25) is 9.36 Å². The normalized spacial score (nSPS) is 10.7. The van der Waals surface area contributed by atoms with Crippen LogP contribution in [-0.4, -0.2) is 14.8 Å². The molecule has 0 bridgehead atoms. The Hall–Kier alpha value is -0.970. The molecular formula is C8H12N2O2S. The van der Waals surface area contributed by atoms with Gasteiger partial charge in [-0.15, -0.1) is 11.8 Å². The standard InChI is InChI=1S/C8H12N2O2S/c1-6(2)13-5-10-7(11)3-4-9-8(10)12/h3-4,6H,5H2,1-2H3,(H,9,12). The van der Waals surface area contributed by atoms with Crippen molar-refractivity contribution in [1.29, 1.82) is 0 Å². The van der Waals surface area contributed by atoms with E-state index in [-0.39, 0.29) is 11.2 Å². The first-order chi connectivity index (χ1) is 6.11. The summed E-state index contributed by atoms with van der Waals surface area (Å²) in [5, 5.41) is 0.409. The van der Waals surface area contributed by atoms with Crippen molar-refractivity contribution in [3.8, 4) is 0 Å². The number of hydrogen-bond acceptors (Lipinski definition) is 3. The molecule has 1 aromatic heterocycles. The Morgan fingerprint density at radius 3 is 2.77 bits per heavy atom. The maximum absolute atomic E-state index is 11.2. The van der Waals surface area contributed by atoms with E-state index in [2.05, 4.69) is 4.98 Å². The van der Waals surface area contributed by atoms with Crippen molar-refractivity contribution in [2.75, 3.05) is 0 Å². The monoisotopic (exact) mass is 200 g/mol. The fourth-order valence-corrected chi connectivity index (χ4v) is 1.49. The summed E-state index contributed by atoms with van der Waals surface area (Å²) in [7, 11) is 0. The molecule has 0 aromatic carbocycles. The van der Waals surface area contributed by atoms with Crippen molar-refractivity contribution in [2.24, 2.45) is 0 Å². The predicted molar refractivity (Wildman–Crippen MR) is 54.0 cm³/mol. The lowest BCUT2D eigenvalue weighted by Crippen LogP contribution is -2.33. The van der Waals surface area contributed by atoms with E-state index >= 15 is 0 Å². The molecule has 1 aromatic rings. The fraction of sp³-hybridized carbons (Fsp3) is 0.500. The van der Waals surface area contributed by atoms with E-state index in [0.29, 0.717) is 11.1 Å². The van der Waals surface area contributed by atoms with E-state index in [1.807, 2.05) is 13.8 Å². The zero-order valence-electron chi connectivity index (χ0n) is 7.61. The number of hydrogen-bond donors (Lipinski definition) is 1. The van der Waals surface area contributed by atoms with Gasteiger partial charge in [0.1, 0.15) is 0 Å². The quantitative estimate of drug-likeness (QED) is 0.778. The average Bonchev–Trinajstić information content (AvgIpc) is 2.03. The van der Waals surface area contributed by atoms with Crippen LogP contribution in [0.4, 0.5) is 0 Å². The minimum atomic E-state index is -0.347. The van der Waals surface area contributed by atoms with Crippen molar-refractivity contribution in [3.05, 3.63) is 33.1 Å². The van der Waals surface area contributed by atoms with Crippen molar-refractivity contribution < 1.29 is 0 Å². The molecule has 4 nitrogen and oxygen atoms in total. The van der Waals surface area contributed by atoms with Gasteiger partial charge < -0.3 is 4.98 Å². The summed E-state index contributed by atoms with van der Waals surface area (Å²) in [5.74, 6) is 0.409. The lowest BCUT2D eigenvalue weighted by Gasteiger charge is -2.05. The van der Waals surface area contributed by atoms with Gasteiger partial charge in [-0.05, 0) is 0 Å². The van der Waals surface area contributed by atoms with E-state index in [4.69, 9.17) is 0 Å². The third kappa shape index (κ3) is 2.77. The van der Waals surface area contributed by atoms with Crippen LogP contribution in [0, 0.1) is 0 Å². The summed E-state index contributed by atoms with van der Waals surface area (Å²) in [6, 6.07) is 1.35. The fourth-order valence-electron chi connectivity index (χ4n) is 0.798. The molecule has 13 heavy (non-hydrogen) atoms. The second-order valence-corrected chi connectivity index (χ2v) is 4.43. The molecule has 5 heteroatoms. The zero-order valence-corrected chi connectivity index (χ0v) is 8.43. The number of nitrogens with one attached hydrogen (secondary N) is 1. The van der Waals surface area contributed by atoms with Crippen LogP contribution in [-0.2, 0) is 5.88 Å². The van der Waals surface area contributed by atoms with Gasteiger partial charge in [-0.1, -0.05) is 13.8 Å². The summed E-state index contributed by atoms with van der Waals surface area (Å²) in [4.78, 5) is 24.8. The van der Waals surface area contributed by atoms with Crippen LogP contribution in [0.15, 0.2) is 21.9 Å². The van der Waals surface area contributed by atoms with Crippen LogP contribution < -0.4 is 11.2 Å². The molecule has 0 atom stereocenters. The SMILES string of the molecule is CC(C)SCn1c(=O)cc[nH]c1=O. The highest BCUT2D eigenvalue weighted by Gasteiger charge is 2.00.